The molecule has 98 valence electrons. The molecule has 2 aliphatic rings. The molecule has 0 radical (unpaired) electrons. The van der Waals surface area contributed by atoms with Gasteiger partial charge in [0.15, 0.2) is 11.5 Å². The largest absolute Gasteiger partial charge is 0.504 e. The quantitative estimate of drug-likeness (QED) is 0.807. The summed E-state index contributed by atoms with van der Waals surface area (Å²) in [7, 11) is 0. The van der Waals surface area contributed by atoms with Crippen molar-refractivity contribution < 1.29 is 19.1 Å². The lowest BCUT2D eigenvalue weighted by molar-refractivity contribution is 0.333. The van der Waals surface area contributed by atoms with Gasteiger partial charge in [-0.05, 0) is 0 Å². The van der Waals surface area contributed by atoms with Gasteiger partial charge in [-0.3, -0.25) is 0 Å². The molecule has 19 heavy (non-hydrogen) atoms. The molecule has 0 fully saturated rings. The van der Waals surface area contributed by atoms with Gasteiger partial charge in [-0.1, -0.05) is 5.16 Å². The first kappa shape index (κ1) is 10.5. The van der Waals surface area contributed by atoms with Gasteiger partial charge in [0.05, 0.1) is 25.0 Å². The van der Waals surface area contributed by atoms with Crippen molar-refractivity contribution in [1.29, 1.82) is 0 Å². The van der Waals surface area contributed by atoms with Crippen LogP contribution in [0.4, 0.5) is 5.88 Å². The van der Waals surface area contributed by atoms with Gasteiger partial charge in [-0.15, -0.1) is 0 Å². The Morgan fingerprint density at radius 3 is 2.58 bits per heavy atom. The van der Waals surface area contributed by atoms with Crippen molar-refractivity contribution in [1.82, 2.24) is 5.16 Å². The van der Waals surface area contributed by atoms with Crippen LogP contribution in [0, 0.1) is 0 Å². The van der Waals surface area contributed by atoms with Crippen LogP contribution in [0.3, 0.4) is 0 Å². The minimum Gasteiger partial charge on any atom is -0.504 e. The van der Waals surface area contributed by atoms with E-state index in [1.54, 1.807) is 6.20 Å². The number of benzene rings is 1. The van der Waals surface area contributed by atoms with Crippen molar-refractivity contribution >= 4 is 5.88 Å². The second-order valence-electron chi connectivity index (χ2n) is 4.64. The highest BCUT2D eigenvalue weighted by atomic mass is 16.5. The molecule has 1 aromatic heterocycles. The zero-order valence-electron chi connectivity index (χ0n) is 10.1. The number of aromatic nitrogens is 1. The molecule has 3 heterocycles. The fourth-order valence-corrected chi connectivity index (χ4v) is 2.81. The monoisotopic (exact) mass is 260 g/mol. The minimum atomic E-state index is 0.193. The predicted octanol–water partition coefficient (Wildman–Crippen LogP) is 1.50. The smallest absolute Gasteiger partial charge is 0.230 e. The van der Waals surface area contributed by atoms with Crippen LogP contribution in [0.25, 0.3) is 11.1 Å². The number of nitrogens with two attached hydrogens (primary N) is 1. The van der Waals surface area contributed by atoms with Gasteiger partial charge in [-0.2, -0.15) is 0 Å². The van der Waals surface area contributed by atoms with Crippen molar-refractivity contribution in [2.24, 2.45) is 0 Å². The van der Waals surface area contributed by atoms with E-state index in [2.05, 4.69) is 5.16 Å². The molecular formula is C13H12N2O4. The van der Waals surface area contributed by atoms with Crippen LogP contribution in [0.2, 0.25) is 0 Å². The number of hydrogen-bond acceptors (Lipinski definition) is 6. The molecule has 6 nitrogen and oxygen atoms in total. The number of nitrogens with zero attached hydrogens (tertiary/aromatic N) is 1. The van der Waals surface area contributed by atoms with Crippen molar-refractivity contribution in [3.05, 3.63) is 17.3 Å². The second kappa shape index (κ2) is 3.57. The van der Waals surface area contributed by atoms with Crippen LogP contribution in [0.15, 0.2) is 10.7 Å². The molecule has 4 rings (SSSR count). The first-order valence-corrected chi connectivity index (χ1v) is 6.14. The van der Waals surface area contributed by atoms with E-state index in [9.17, 15) is 5.11 Å². The van der Waals surface area contributed by atoms with Crippen LogP contribution in [0.5, 0.6) is 17.2 Å². The van der Waals surface area contributed by atoms with Crippen molar-refractivity contribution in [3.8, 4) is 28.4 Å². The maximum atomic E-state index is 10.2. The first-order valence-electron chi connectivity index (χ1n) is 6.14. The Morgan fingerprint density at radius 2 is 1.84 bits per heavy atom. The van der Waals surface area contributed by atoms with E-state index in [4.69, 9.17) is 19.7 Å². The van der Waals surface area contributed by atoms with Crippen LogP contribution in [0.1, 0.15) is 11.1 Å². The normalized spacial score (nSPS) is 15.8. The fourth-order valence-electron chi connectivity index (χ4n) is 2.81. The van der Waals surface area contributed by atoms with E-state index < -0.39 is 0 Å². The lowest BCUT2D eigenvalue weighted by Crippen LogP contribution is -1.94. The Balaban J connectivity index is 2.08. The molecule has 3 N–H and O–H groups in total. The van der Waals surface area contributed by atoms with Crippen LogP contribution in [-0.4, -0.2) is 23.5 Å². The molecule has 0 atom stereocenters. The predicted molar refractivity (Wildman–Crippen MR) is 66.4 cm³/mol. The number of aromatic hydroxyl groups is 1. The topological polar surface area (TPSA) is 90.7 Å². The zero-order valence-corrected chi connectivity index (χ0v) is 10.1. The highest BCUT2D eigenvalue weighted by Crippen LogP contribution is 2.52. The summed E-state index contributed by atoms with van der Waals surface area (Å²) in [6.07, 6.45) is 2.94. The number of ether oxygens (including phenoxy) is 2. The SMILES string of the molecule is Nc1oncc1-c1c2c(c(O)c3c1OCC3)OCC2. The van der Waals surface area contributed by atoms with Gasteiger partial charge in [0.2, 0.25) is 5.88 Å². The molecule has 0 amide bonds. The van der Waals surface area contributed by atoms with E-state index >= 15 is 0 Å². The van der Waals surface area contributed by atoms with Crippen LogP contribution < -0.4 is 15.2 Å². The summed E-state index contributed by atoms with van der Waals surface area (Å²) < 4.78 is 16.1. The Morgan fingerprint density at radius 1 is 1.11 bits per heavy atom. The third-order valence-corrected chi connectivity index (χ3v) is 3.64. The third-order valence-electron chi connectivity index (χ3n) is 3.64. The highest BCUT2D eigenvalue weighted by molar-refractivity contribution is 5.86. The third kappa shape index (κ3) is 1.28. The highest BCUT2D eigenvalue weighted by Gasteiger charge is 2.33. The number of phenolic OH excluding ortho intramolecular Hbond substituents is 1. The summed E-state index contributed by atoms with van der Waals surface area (Å²) in [5, 5.41) is 14.0. The summed E-state index contributed by atoms with van der Waals surface area (Å²) in [6, 6.07) is 0. The summed E-state index contributed by atoms with van der Waals surface area (Å²) >= 11 is 0. The summed E-state index contributed by atoms with van der Waals surface area (Å²) in [6.45, 7) is 1.09. The molecule has 0 saturated carbocycles. The molecule has 2 aromatic rings. The molecule has 0 saturated heterocycles. The minimum absolute atomic E-state index is 0.193. The summed E-state index contributed by atoms with van der Waals surface area (Å²) in [5.74, 6) is 1.66. The summed E-state index contributed by atoms with van der Waals surface area (Å²) in [4.78, 5) is 0. The van der Waals surface area contributed by atoms with Crippen molar-refractivity contribution in [3.63, 3.8) is 0 Å². The number of anilines is 1. The lowest BCUT2D eigenvalue weighted by Gasteiger charge is -2.13. The van der Waals surface area contributed by atoms with Gasteiger partial charge in [-0.25, -0.2) is 0 Å². The Hall–Kier alpha value is -2.37. The molecule has 2 aliphatic heterocycles. The van der Waals surface area contributed by atoms with Crippen LogP contribution >= 0.6 is 0 Å². The average molecular weight is 260 g/mol. The van der Waals surface area contributed by atoms with Crippen molar-refractivity contribution in [2.75, 3.05) is 18.9 Å². The maximum Gasteiger partial charge on any atom is 0.230 e. The maximum absolute atomic E-state index is 10.2. The molecular weight excluding hydrogens is 248 g/mol. The first-order chi connectivity index (χ1) is 9.27. The average Bonchev–Trinajstić information content (AvgIpc) is 3.10. The van der Waals surface area contributed by atoms with Gasteiger partial charge in [0.1, 0.15) is 5.75 Å². The number of nitrogen functional groups attached to an aromatic ring is 1. The number of fused-ring (bicyclic) bond motifs is 2. The number of rotatable bonds is 1. The molecule has 0 unspecified atom stereocenters. The molecule has 0 aliphatic carbocycles. The van der Waals surface area contributed by atoms with Gasteiger partial charge in [0.25, 0.3) is 0 Å². The Labute approximate surface area is 108 Å². The Bertz CT molecular complexity index is 643. The fraction of sp³-hybridized carbons (Fsp3) is 0.308. The van der Waals surface area contributed by atoms with E-state index in [1.165, 1.54) is 0 Å². The van der Waals surface area contributed by atoms with Crippen molar-refractivity contribution in [2.45, 2.75) is 12.8 Å². The number of phenols is 1. The zero-order chi connectivity index (χ0) is 13.0. The van der Waals surface area contributed by atoms with E-state index in [0.717, 1.165) is 16.7 Å². The van der Waals surface area contributed by atoms with E-state index in [-0.39, 0.29) is 11.6 Å². The van der Waals surface area contributed by atoms with E-state index in [0.29, 0.717) is 43.1 Å². The molecule has 1 aromatic carbocycles. The lowest BCUT2D eigenvalue weighted by atomic mass is 9.94. The van der Waals surface area contributed by atoms with Gasteiger partial charge >= 0.3 is 0 Å². The Kier molecular flexibility index (Phi) is 1.98. The molecule has 0 bridgehead atoms. The standard InChI is InChI=1S/C13H12N2O4/c14-13-8(5-15-19-13)9-6-1-3-18-12(6)10(16)7-2-4-17-11(7)9/h5,16H,1-4,14H2. The molecule has 6 heteroatoms. The van der Waals surface area contributed by atoms with Gasteiger partial charge < -0.3 is 24.8 Å². The van der Waals surface area contributed by atoms with Gasteiger partial charge in [0, 0.05) is 29.5 Å². The van der Waals surface area contributed by atoms with Crippen LogP contribution in [-0.2, 0) is 12.8 Å². The summed E-state index contributed by atoms with van der Waals surface area (Å²) in [5.41, 5.74) is 9.03. The number of hydrogen-bond donors (Lipinski definition) is 2. The van der Waals surface area contributed by atoms with E-state index in [1.807, 2.05) is 0 Å². The second-order valence-corrected chi connectivity index (χ2v) is 4.64. The molecule has 0 spiro atoms.